The van der Waals surface area contributed by atoms with E-state index in [4.69, 9.17) is 9.47 Å². The summed E-state index contributed by atoms with van der Waals surface area (Å²) in [5, 5.41) is 12.2. The first-order valence-corrected chi connectivity index (χ1v) is 27.7. The number of nitrogens with zero attached hydrogens (tertiary/aromatic N) is 4. The van der Waals surface area contributed by atoms with Crippen molar-refractivity contribution >= 4 is 48.6 Å². The minimum atomic E-state index is -6.58. The van der Waals surface area contributed by atoms with Crippen molar-refractivity contribution in [2.24, 2.45) is 0 Å². The van der Waals surface area contributed by atoms with Gasteiger partial charge < -0.3 is 18.3 Å². The molecular formula is C64H60F14N4O4. The van der Waals surface area contributed by atoms with Crippen molar-refractivity contribution in [1.29, 1.82) is 0 Å². The van der Waals surface area contributed by atoms with E-state index in [1.54, 1.807) is 36.4 Å². The van der Waals surface area contributed by atoms with Crippen LogP contribution in [0.5, 0.6) is 11.5 Å². The topological polar surface area (TPSA) is 96.3 Å². The zero-order chi connectivity index (χ0) is 62.2. The van der Waals surface area contributed by atoms with Gasteiger partial charge in [-0.25, -0.2) is 0 Å². The maximum atomic E-state index is 14.2. The van der Waals surface area contributed by atoms with Gasteiger partial charge in [0.1, 0.15) is 11.5 Å². The molecule has 0 unspecified atom stereocenters. The average Bonchev–Trinajstić information content (AvgIpc) is 1.59. The maximum Gasteiger partial charge on any atom is 0.460 e. The van der Waals surface area contributed by atoms with Crippen LogP contribution < -0.4 is 9.47 Å². The van der Waals surface area contributed by atoms with Gasteiger partial charge in [0, 0.05) is 22.3 Å². The lowest BCUT2D eigenvalue weighted by Crippen LogP contribution is -2.50. The first kappa shape index (κ1) is 65.5. The highest BCUT2D eigenvalue weighted by atomic mass is 19.4. The highest BCUT2D eigenvalue weighted by molar-refractivity contribution is 5.80. The van der Waals surface area contributed by atoms with Crippen molar-refractivity contribution in [3.8, 4) is 34.4 Å². The average molecular weight is 1220 g/mol. The van der Waals surface area contributed by atoms with Gasteiger partial charge in [-0.15, -0.1) is 20.4 Å². The zero-order valence-corrected chi connectivity index (χ0v) is 46.6. The summed E-state index contributed by atoms with van der Waals surface area (Å²) in [4.78, 5) is 0. The Balaban J connectivity index is 1.08. The minimum absolute atomic E-state index is 0.000146. The van der Waals surface area contributed by atoms with Gasteiger partial charge in [0.05, 0.1) is 13.2 Å². The summed E-state index contributed by atoms with van der Waals surface area (Å²) in [5.74, 6) is -29.0. The summed E-state index contributed by atoms with van der Waals surface area (Å²) in [7, 11) is 0. The van der Waals surface area contributed by atoms with Crippen LogP contribution in [0.1, 0.15) is 147 Å². The number of alkyl halides is 14. The summed E-state index contributed by atoms with van der Waals surface area (Å²) in [6.45, 7) is 5.28. The van der Waals surface area contributed by atoms with E-state index in [9.17, 15) is 61.5 Å². The molecule has 0 radical (unpaired) electrons. The number of halogens is 14. The van der Waals surface area contributed by atoms with Crippen molar-refractivity contribution in [1.82, 2.24) is 20.4 Å². The van der Waals surface area contributed by atoms with Crippen LogP contribution >= 0.6 is 0 Å². The molecule has 0 bridgehead atoms. The molecule has 0 N–H and O–H groups in total. The largest absolute Gasteiger partial charge is 0.493 e. The quantitative estimate of drug-likeness (QED) is 0.0250. The second-order valence-electron chi connectivity index (χ2n) is 20.2. The molecule has 0 saturated heterocycles. The molecular weight excluding hydrogens is 1150 g/mol. The third kappa shape index (κ3) is 16.7. The predicted octanol–water partition coefficient (Wildman–Crippen LogP) is 20.5. The Morgan fingerprint density at radius 2 is 0.674 bits per heavy atom. The van der Waals surface area contributed by atoms with E-state index in [-0.39, 0.29) is 11.1 Å². The first-order valence-electron chi connectivity index (χ1n) is 27.7. The van der Waals surface area contributed by atoms with Crippen molar-refractivity contribution in [3.05, 3.63) is 165 Å². The van der Waals surface area contributed by atoms with Gasteiger partial charge in [-0.05, 0) is 82.6 Å². The van der Waals surface area contributed by atoms with E-state index < -0.39 is 59.6 Å². The molecule has 0 aliphatic heterocycles. The summed E-state index contributed by atoms with van der Waals surface area (Å²) < 4.78 is 210. The van der Waals surface area contributed by atoms with Gasteiger partial charge in [-0.2, -0.15) is 61.5 Å². The number of hydrogen-bond donors (Lipinski definition) is 0. The lowest BCUT2D eigenvalue weighted by Gasteiger charge is -2.25. The minimum Gasteiger partial charge on any atom is -0.493 e. The van der Waals surface area contributed by atoms with E-state index in [0.717, 1.165) is 110 Å². The molecule has 0 fully saturated rings. The van der Waals surface area contributed by atoms with Crippen LogP contribution in [0, 0.1) is 0 Å². The van der Waals surface area contributed by atoms with E-state index in [1.165, 1.54) is 36.4 Å². The first-order chi connectivity index (χ1) is 40.8. The molecule has 0 saturated carbocycles. The van der Waals surface area contributed by atoms with Crippen LogP contribution in [0.4, 0.5) is 61.5 Å². The molecule has 0 spiro atoms. The molecule has 7 aromatic rings. The molecule has 7 rings (SSSR count). The maximum absolute atomic E-state index is 14.2. The summed E-state index contributed by atoms with van der Waals surface area (Å²) in [6, 6.07) is 30.6. The summed E-state index contributed by atoms with van der Waals surface area (Å²) >= 11 is 0. The van der Waals surface area contributed by atoms with Crippen molar-refractivity contribution < 1.29 is 79.8 Å². The van der Waals surface area contributed by atoms with Crippen LogP contribution in [0.25, 0.3) is 71.5 Å². The Labute approximate surface area is 487 Å². The lowest BCUT2D eigenvalue weighted by molar-refractivity contribution is -0.364. The molecule has 22 heteroatoms. The van der Waals surface area contributed by atoms with Crippen molar-refractivity contribution in [2.45, 2.75) is 127 Å². The number of aromatic nitrogens is 4. The van der Waals surface area contributed by atoms with Gasteiger partial charge in [0.25, 0.3) is 11.8 Å². The number of ether oxygens (including phenoxy) is 2. The van der Waals surface area contributed by atoms with E-state index >= 15 is 0 Å². The molecule has 0 amide bonds. The van der Waals surface area contributed by atoms with Crippen LogP contribution in [0.15, 0.2) is 118 Å². The monoisotopic (exact) mass is 1210 g/mol. The normalized spacial score (nSPS) is 13.1. The predicted molar refractivity (Wildman–Crippen MR) is 302 cm³/mol. The molecule has 86 heavy (non-hydrogen) atoms. The third-order valence-corrected chi connectivity index (χ3v) is 13.5. The molecule has 5 aromatic carbocycles. The second kappa shape index (κ2) is 28.9. The summed E-state index contributed by atoms with van der Waals surface area (Å²) in [6.07, 6.45) is 14.2. The number of hydrogen-bond acceptors (Lipinski definition) is 8. The van der Waals surface area contributed by atoms with Crippen LogP contribution in [0.2, 0.25) is 0 Å². The Morgan fingerprint density at radius 1 is 0.360 bits per heavy atom. The zero-order valence-electron chi connectivity index (χ0n) is 46.6. The van der Waals surface area contributed by atoms with Crippen LogP contribution in [-0.4, -0.2) is 57.8 Å². The van der Waals surface area contributed by atoms with Crippen LogP contribution in [0.3, 0.4) is 0 Å². The molecule has 458 valence electrons. The fourth-order valence-electron chi connectivity index (χ4n) is 8.53. The Kier molecular flexibility index (Phi) is 22.0. The highest BCUT2D eigenvalue weighted by Crippen LogP contribution is 2.53. The van der Waals surface area contributed by atoms with Crippen molar-refractivity contribution in [2.75, 3.05) is 13.2 Å². The summed E-state index contributed by atoms with van der Waals surface area (Å²) in [5.41, 5.74) is 5.73. The van der Waals surface area contributed by atoms with Gasteiger partial charge in [0.2, 0.25) is 11.8 Å². The molecule has 2 heterocycles. The number of unbranched alkanes of at least 4 members (excludes halogenated alkanes) is 10. The molecule has 0 aliphatic rings. The van der Waals surface area contributed by atoms with Gasteiger partial charge >= 0.3 is 36.0 Å². The fraction of sp³-hybridized carbons (Fsp3) is 0.344. The molecule has 2 aromatic heterocycles. The number of rotatable bonds is 30. The third-order valence-electron chi connectivity index (χ3n) is 13.5. The molecule has 0 aliphatic carbocycles. The van der Waals surface area contributed by atoms with E-state index in [0.29, 0.717) is 35.8 Å². The number of benzene rings is 5. The molecule has 0 atom stereocenters. The van der Waals surface area contributed by atoms with E-state index in [2.05, 4.69) is 43.1 Å². The van der Waals surface area contributed by atoms with Crippen molar-refractivity contribution in [3.63, 3.8) is 0 Å². The van der Waals surface area contributed by atoms with Gasteiger partial charge in [-0.1, -0.05) is 199 Å². The smallest absolute Gasteiger partial charge is 0.460 e. The van der Waals surface area contributed by atoms with Crippen LogP contribution in [-0.2, 0) is 11.8 Å². The lowest BCUT2D eigenvalue weighted by atomic mass is 10.0. The Hall–Kier alpha value is -8.04. The fourth-order valence-corrected chi connectivity index (χ4v) is 8.53. The molecule has 8 nitrogen and oxygen atoms in total. The highest BCUT2D eigenvalue weighted by Gasteiger charge is 2.77. The standard InChI is InChI=1S/C64H60F14N4O4/c1-3-5-7-9-11-13-37-83-53-41-50(36-34-46-27-23-44(24-28-46)30-32-48-18-16-20-52(40-48)56-80-82-58(86-56)60(67,68)62(71,72)64(76,77)78)54(84-38-14-12-10-8-6-4-2)42-49(53)35-33-45-25-21-43(22-26-45)29-31-47-17-15-19-51(39-47)55-79-81-57(85-55)59(65,66)61(69,70)63(73,74)75/h15-36,39-42H,3-14,37-38H2,1-2H3/b31-29+,32-30+,35-33+,36-34+. The Bertz CT molecular complexity index is 3190. The SMILES string of the molecule is CCCCCCCCOc1cc(/C=C/c2ccc(/C=C/c3cccc(-c4nnc(C(F)(F)C(F)(F)C(F)(F)F)o4)c3)cc2)c(OCCCCCCCC)cc1/C=C/c1ccc(/C=C/c2cccc(-c3nnc(C(F)(F)C(F)(F)C(F)(F)F)o3)c2)cc1. The Morgan fingerprint density at radius 3 is 1.01 bits per heavy atom. The van der Waals surface area contributed by atoms with Gasteiger partial charge in [0.15, 0.2) is 0 Å². The van der Waals surface area contributed by atoms with E-state index in [1.807, 2.05) is 85.0 Å². The second-order valence-corrected chi connectivity index (χ2v) is 20.2. The van der Waals surface area contributed by atoms with Gasteiger partial charge in [-0.3, -0.25) is 0 Å².